The normalized spacial score (nSPS) is 11.8. The number of hydrogen-bond donors (Lipinski definition) is 0. The fourth-order valence-electron chi connectivity index (χ4n) is 2.90. The summed E-state index contributed by atoms with van der Waals surface area (Å²) in [7, 11) is 0. The van der Waals surface area contributed by atoms with E-state index in [0.717, 1.165) is 33.4 Å². The Morgan fingerprint density at radius 3 is 2.37 bits per heavy atom. The number of rotatable bonds is 5. The molecule has 0 saturated heterocycles. The molecule has 0 saturated carbocycles. The summed E-state index contributed by atoms with van der Waals surface area (Å²) in [5.74, 6) is -0.524. The summed E-state index contributed by atoms with van der Waals surface area (Å²) in [5, 5.41) is 0. The summed E-state index contributed by atoms with van der Waals surface area (Å²) >= 11 is 4.91. The molecule has 0 aliphatic heterocycles. The van der Waals surface area contributed by atoms with Crippen LogP contribution in [0.15, 0.2) is 58.0 Å². The molecule has 1 heterocycles. The van der Waals surface area contributed by atoms with Gasteiger partial charge >= 0.3 is 0 Å². The van der Waals surface area contributed by atoms with Crippen LogP contribution in [-0.2, 0) is 13.0 Å². The first kappa shape index (κ1) is 19.7. The van der Waals surface area contributed by atoms with Crippen molar-refractivity contribution < 1.29 is 9.18 Å². The summed E-state index contributed by atoms with van der Waals surface area (Å²) in [5.41, 5.74) is 2.51. The van der Waals surface area contributed by atoms with Gasteiger partial charge in [-0.2, -0.15) is 4.99 Å². The molecule has 0 unspecified atom stereocenters. The molecular formula is C21H20BrFN2OS. The molecule has 0 atom stereocenters. The van der Waals surface area contributed by atoms with Gasteiger partial charge in [0.25, 0.3) is 5.91 Å². The topological polar surface area (TPSA) is 34.4 Å². The van der Waals surface area contributed by atoms with E-state index in [9.17, 15) is 9.18 Å². The number of hydrogen-bond acceptors (Lipinski definition) is 2. The summed E-state index contributed by atoms with van der Waals surface area (Å²) in [4.78, 5) is 18.8. The van der Waals surface area contributed by atoms with E-state index in [1.165, 1.54) is 23.5 Å². The Kier molecular flexibility index (Phi) is 6.39. The molecule has 0 N–H and O–H groups in total. The fourth-order valence-corrected chi connectivity index (χ4v) is 4.48. The van der Waals surface area contributed by atoms with Gasteiger partial charge in [-0.05, 0) is 67.4 Å². The highest BCUT2D eigenvalue weighted by atomic mass is 79.9. The average molecular weight is 447 g/mol. The third kappa shape index (κ3) is 4.45. The van der Waals surface area contributed by atoms with Gasteiger partial charge in [0, 0.05) is 21.5 Å². The van der Waals surface area contributed by atoms with Gasteiger partial charge in [0.1, 0.15) is 5.82 Å². The SMILES string of the molecule is CCCc1sc(=NC(=O)c2ccc(Br)cc2)n(CC)c1-c1ccc(F)cc1. The van der Waals surface area contributed by atoms with Crippen LogP contribution in [0.25, 0.3) is 11.3 Å². The highest BCUT2D eigenvalue weighted by Gasteiger charge is 2.15. The number of halogens is 2. The highest BCUT2D eigenvalue weighted by molar-refractivity contribution is 9.10. The number of thiazole rings is 1. The van der Waals surface area contributed by atoms with Gasteiger partial charge in [0.05, 0.1) is 5.69 Å². The van der Waals surface area contributed by atoms with Crippen LogP contribution >= 0.6 is 27.3 Å². The van der Waals surface area contributed by atoms with Gasteiger partial charge in [0.2, 0.25) is 0 Å². The Hall–Kier alpha value is -2.05. The predicted molar refractivity (Wildman–Crippen MR) is 111 cm³/mol. The molecule has 1 amide bonds. The van der Waals surface area contributed by atoms with Gasteiger partial charge < -0.3 is 4.57 Å². The zero-order valence-corrected chi connectivity index (χ0v) is 17.6. The number of nitrogens with zero attached hydrogens (tertiary/aromatic N) is 2. The second-order valence-electron chi connectivity index (χ2n) is 6.08. The van der Waals surface area contributed by atoms with Gasteiger partial charge in [0.15, 0.2) is 4.80 Å². The molecule has 27 heavy (non-hydrogen) atoms. The second kappa shape index (κ2) is 8.76. The quantitative estimate of drug-likeness (QED) is 0.485. The number of aromatic nitrogens is 1. The van der Waals surface area contributed by atoms with E-state index in [2.05, 4.69) is 27.8 Å². The van der Waals surface area contributed by atoms with E-state index < -0.39 is 0 Å². The minimum Gasteiger partial charge on any atom is -0.316 e. The number of amides is 1. The van der Waals surface area contributed by atoms with Gasteiger partial charge in [-0.25, -0.2) is 4.39 Å². The Morgan fingerprint density at radius 1 is 1.11 bits per heavy atom. The molecule has 3 nitrogen and oxygen atoms in total. The number of carbonyl (C=O) groups is 1. The lowest BCUT2D eigenvalue weighted by molar-refractivity contribution is 0.0998. The molecular weight excluding hydrogens is 427 g/mol. The first-order valence-corrected chi connectivity index (χ1v) is 10.5. The smallest absolute Gasteiger partial charge is 0.279 e. The standard InChI is InChI=1S/C21H20BrFN2OS/c1-3-5-18-19(14-8-12-17(23)13-9-14)25(4-2)21(27-18)24-20(26)15-6-10-16(22)11-7-15/h6-13H,3-5H2,1-2H3. The molecule has 3 rings (SSSR count). The maximum Gasteiger partial charge on any atom is 0.279 e. The Labute approximate surface area is 170 Å². The number of carbonyl (C=O) groups excluding carboxylic acids is 1. The van der Waals surface area contributed by atoms with Crippen LogP contribution in [0, 0.1) is 5.82 Å². The molecule has 1 aromatic heterocycles. The van der Waals surface area contributed by atoms with Crippen molar-refractivity contribution in [2.45, 2.75) is 33.2 Å². The molecule has 0 spiro atoms. The van der Waals surface area contributed by atoms with Crippen molar-refractivity contribution in [3.8, 4) is 11.3 Å². The van der Waals surface area contributed by atoms with E-state index in [1.807, 2.05) is 23.6 Å². The number of aryl methyl sites for hydroxylation is 1. The van der Waals surface area contributed by atoms with Crippen LogP contribution < -0.4 is 4.80 Å². The van der Waals surface area contributed by atoms with Crippen molar-refractivity contribution in [3.05, 3.63) is 74.1 Å². The molecule has 0 aliphatic rings. The first-order valence-electron chi connectivity index (χ1n) is 8.86. The van der Waals surface area contributed by atoms with E-state index in [0.29, 0.717) is 16.9 Å². The van der Waals surface area contributed by atoms with Crippen molar-refractivity contribution in [1.82, 2.24) is 4.57 Å². The summed E-state index contributed by atoms with van der Waals surface area (Å²) in [6.45, 7) is 4.83. The van der Waals surface area contributed by atoms with Crippen LogP contribution in [-0.4, -0.2) is 10.5 Å². The summed E-state index contributed by atoms with van der Waals surface area (Å²) in [6, 6.07) is 13.7. The molecule has 0 fully saturated rings. The minimum absolute atomic E-state index is 0.260. The Morgan fingerprint density at radius 2 is 1.78 bits per heavy atom. The van der Waals surface area contributed by atoms with Crippen molar-refractivity contribution in [1.29, 1.82) is 0 Å². The fraction of sp³-hybridized carbons (Fsp3) is 0.238. The van der Waals surface area contributed by atoms with Gasteiger partial charge in [-0.1, -0.05) is 29.3 Å². The molecule has 140 valence electrons. The lowest BCUT2D eigenvalue weighted by Crippen LogP contribution is -2.17. The molecule has 0 radical (unpaired) electrons. The van der Waals surface area contributed by atoms with Gasteiger partial charge in [-0.3, -0.25) is 4.79 Å². The van der Waals surface area contributed by atoms with Crippen molar-refractivity contribution in [2.75, 3.05) is 0 Å². The van der Waals surface area contributed by atoms with Crippen molar-refractivity contribution >= 4 is 33.2 Å². The maximum absolute atomic E-state index is 13.4. The third-order valence-electron chi connectivity index (χ3n) is 4.18. The van der Waals surface area contributed by atoms with Crippen LogP contribution in [0.3, 0.4) is 0 Å². The minimum atomic E-state index is -0.264. The third-order valence-corrected chi connectivity index (χ3v) is 5.85. The second-order valence-corrected chi connectivity index (χ2v) is 8.06. The highest BCUT2D eigenvalue weighted by Crippen LogP contribution is 2.27. The summed E-state index contributed by atoms with van der Waals surface area (Å²) < 4.78 is 16.3. The first-order chi connectivity index (χ1) is 13.0. The lowest BCUT2D eigenvalue weighted by Gasteiger charge is -2.09. The zero-order valence-electron chi connectivity index (χ0n) is 15.2. The number of benzene rings is 2. The van der Waals surface area contributed by atoms with Crippen LogP contribution in [0.1, 0.15) is 35.5 Å². The lowest BCUT2D eigenvalue weighted by atomic mass is 10.1. The average Bonchev–Trinajstić information content (AvgIpc) is 3.00. The molecule has 6 heteroatoms. The molecule has 2 aromatic carbocycles. The van der Waals surface area contributed by atoms with E-state index >= 15 is 0 Å². The van der Waals surface area contributed by atoms with E-state index in [1.54, 1.807) is 24.3 Å². The Bertz CT molecular complexity index is 1000. The molecule has 0 bridgehead atoms. The van der Waals surface area contributed by atoms with Crippen LogP contribution in [0.4, 0.5) is 4.39 Å². The van der Waals surface area contributed by atoms with Crippen molar-refractivity contribution in [3.63, 3.8) is 0 Å². The largest absolute Gasteiger partial charge is 0.316 e. The predicted octanol–water partition coefficient (Wildman–Crippen LogP) is 5.83. The molecule has 3 aromatic rings. The molecule has 0 aliphatic carbocycles. The van der Waals surface area contributed by atoms with E-state index in [-0.39, 0.29) is 11.7 Å². The maximum atomic E-state index is 13.4. The van der Waals surface area contributed by atoms with Gasteiger partial charge in [-0.15, -0.1) is 11.3 Å². The van der Waals surface area contributed by atoms with Crippen molar-refractivity contribution in [2.24, 2.45) is 4.99 Å². The van der Waals surface area contributed by atoms with E-state index in [4.69, 9.17) is 0 Å². The van der Waals surface area contributed by atoms with Crippen LogP contribution in [0.2, 0.25) is 0 Å². The Balaban J connectivity index is 2.13. The zero-order chi connectivity index (χ0) is 19.4. The van der Waals surface area contributed by atoms with Crippen LogP contribution in [0.5, 0.6) is 0 Å². The monoisotopic (exact) mass is 446 g/mol. The summed E-state index contributed by atoms with van der Waals surface area (Å²) in [6.07, 6.45) is 1.87.